The van der Waals surface area contributed by atoms with E-state index in [0.717, 1.165) is 16.7 Å². The molecule has 154 valence electrons. The topological polar surface area (TPSA) is 38.0 Å². The molecule has 6 heteroatoms. The van der Waals surface area contributed by atoms with Crippen molar-refractivity contribution in [3.8, 4) is 22.3 Å². The van der Waals surface area contributed by atoms with Crippen molar-refractivity contribution in [1.82, 2.24) is 9.78 Å². The van der Waals surface area contributed by atoms with Gasteiger partial charge >= 0.3 is 6.18 Å². The summed E-state index contributed by atoms with van der Waals surface area (Å²) in [5.41, 5.74) is 1.15. The summed E-state index contributed by atoms with van der Waals surface area (Å²) < 4.78 is 44.2. The zero-order chi connectivity index (χ0) is 21.7. The monoisotopic (exact) mass is 402 g/mol. The minimum Gasteiger partial charge on any atom is -0.372 e. The summed E-state index contributed by atoms with van der Waals surface area (Å²) in [6.07, 6.45) is -1.41. The molecule has 1 heterocycles. The van der Waals surface area contributed by atoms with E-state index in [4.69, 9.17) is 0 Å². The number of halogens is 3. The molecule has 0 bridgehead atoms. The van der Waals surface area contributed by atoms with Crippen LogP contribution in [-0.2, 0) is 12.6 Å². The predicted octanol–water partition coefficient (Wildman–Crippen LogP) is 5.82. The van der Waals surface area contributed by atoms with Gasteiger partial charge in [-0.3, -0.25) is 4.68 Å². The fourth-order valence-electron chi connectivity index (χ4n) is 4.23. The van der Waals surface area contributed by atoms with Gasteiger partial charge in [0.05, 0.1) is 6.20 Å². The summed E-state index contributed by atoms with van der Waals surface area (Å²) >= 11 is 0. The van der Waals surface area contributed by atoms with Crippen LogP contribution in [0.5, 0.6) is 0 Å². The third-order valence-corrected chi connectivity index (χ3v) is 5.73. The minimum absolute atomic E-state index is 0.0712. The Hall–Kier alpha value is -2.60. The smallest absolute Gasteiger partial charge is 0.372 e. The molecule has 29 heavy (non-hydrogen) atoms. The summed E-state index contributed by atoms with van der Waals surface area (Å²) in [4.78, 5) is 0. The van der Waals surface area contributed by atoms with Gasteiger partial charge in [0.25, 0.3) is 0 Å². The Balaban J connectivity index is 0.00000117. The number of nitrogens with zero attached hydrogens (tertiary/aromatic N) is 2. The lowest BCUT2D eigenvalue weighted by Gasteiger charge is -2.31. The van der Waals surface area contributed by atoms with E-state index in [1.54, 1.807) is 50.1 Å². The summed E-state index contributed by atoms with van der Waals surface area (Å²) in [5, 5.41) is 15.2. The maximum atomic E-state index is 14.2. The first kappa shape index (κ1) is 21.1. The van der Waals surface area contributed by atoms with Crippen LogP contribution in [0.2, 0.25) is 0 Å². The molecule has 0 fully saturated rings. The van der Waals surface area contributed by atoms with Crippen molar-refractivity contribution in [3.63, 3.8) is 0 Å². The van der Waals surface area contributed by atoms with E-state index in [2.05, 4.69) is 5.10 Å². The third kappa shape index (κ3) is 2.81. The highest BCUT2D eigenvalue weighted by molar-refractivity contribution is 5.95. The normalized spacial score (nSPS) is 17.4. The first-order chi connectivity index (χ1) is 13.6. The van der Waals surface area contributed by atoms with Crippen LogP contribution in [0.3, 0.4) is 0 Å². The molecule has 0 aliphatic heterocycles. The van der Waals surface area contributed by atoms with Gasteiger partial charge in [0.15, 0.2) is 0 Å². The molecule has 3 aromatic rings. The maximum absolute atomic E-state index is 14.2. The van der Waals surface area contributed by atoms with Crippen molar-refractivity contribution < 1.29 is 18.3 Å². The van der Waals surface area contributed by atoms with Gasteiger partial charge in [-0.15, -0.1) is 0 Å². The second kappa shape index (κ2) is 7.02. The molecule has 1 atom stereocenters. The zero-order valence-electron chi connectivity index (χ0n) is 17.4. The first-order valence-corrected chi connectivity index (χ1v) is 9.61. The quantitative estimate of drug-likeness (QED) is 0.557. The van der Waals surface area contributed by atoms with Crippen molar-refractivity contribution in [3.05, 3.63) is 64.5 Å². The molecule has 0 radical (unpaired) electrons. The molecule has 4 rings (SSSR count). The lowest BCUT2D eigenvalue weighted by Crippen LogP contribution is -2.42. The highest BCUT2D eigenvalue weighted by atomic mass is 19.4. The van der Waals surface area contributed by atoms with Crippen LogP contribution in [0.15, 0.2) is 36.7 Å². The van der Waals surface area contributed by atoms with Gasteiger partial charge in [-0.2, -0.15) is 18.3 Å². The van der Waals surface area contributed by atoms with E-state index in [0.29, 0.717) is 22.3 Å². The van der Waals surface area contributed by atoms with Crippen molar-refractivity contribution in [2.75, 3.05) is 0 Å². The van der Waals surface area contributed by atoms with Gasteiger partial charge in [-0.05, 0) is 54.2 Å². The highest BCUT2D eigenvalue weighted by Gasteiger charge is 2.62. The molecule has 1 unspecified atom stereocenters. The van der Waals surface area contributed by atoms with Crippen LogP contribution in [-0.4, -0.2) is 21.1 Å². The largest absolute Gasteiger partial charge is 0.425 e. The van der Waals surface area contributed by atoms with Gasteiger partial charge in [-0.25, -0.2) is 0 Å². The number of alkyl halides is 3. The van der Waals surface area contributed by atoms with Crippen LogP contribution in [0.4, 0.5) is 13.2 Å². The number of aromatic nitrogens is 2. The summed E-state index contributed by atoms with van der Waals surface area (Å²) in [7, 11) is 1.76. The average molecular weight is 402 g/mol. The Kier molecular flexibility index (Phi) is 5.11. The molecule has 0 saturated carbocycles. The molecular weight excluding hydrogens is 377 g/mol. The molecule has 0 spiro atoms. The van der Waals surface area contributed by atoms with Crippen LogP contribution in [0.1, 0.15) is 41.7 Å². The Bertz CT molecular complexity index is 1080. The number of aliphatic hydroxyl groups is 1. The number of aryl methyl sites for hydroxylation is 1. The molecule has 3 nitrogen and oxygen atoms in total. The Morgan fingerprint density at radius 1 is 0.966 bits per heavy atom. The van der Waals surface area contributed by atoms with Gasteiger partial charge < -0.3 is 5.11 Å². The van der Waals surface area contributed by atoms with Crippen LogP contribution >= 0.6 is 0 Å². The van der Waals surface area contributed by atoms with E-state index in [1.807, 2.05) is 20.8 Å². The molecule has 0 amide bonds. The SMILES string of the molecule is CC.Cc1c(C)c(-c2cnn(C)c2)c2c(c1C)C(O)(C(F)(F)F)c1ccccc1-2. The Morgan fingerprint density at radius 2 is 1.59 bits per heavy atom. The van der Waals surface area contributed by atoms with Crippen molar-refractivity contribution >= 4 is 0 Å². The van der Waals surface area contributed by atoms with Crippen molar-refractivity contribution in [1.29, 1.82) is 0 Å². The molecule has 1 aliphatic rings. The van der Waals surface area contributed by atoms with Gasteiger partial charge in [0.1, 0.15) is 0 Å². The van der Waals surface area contributed by atoms with E-state index in [9.17, 15) is 18.3 Å². The molecule has 2 aromatic carbocycles. The lowest BCUT2D eigenvalue weighted by molar-refractivity contribution is -0.246. The second-order valence-corrected chi connectivity index (χ2v) is 7.16. The van der Waals surface area contributed by atoms with E-state index in [1.165, 1.54) is 12.1 Å². The van der Waals surface area contributed by atoms with Crippen LogP contribution in [0.25, 0.3) is 22.3 Å². The number of fused-ring (bicyclic) bond motifs is 3. The van der Waals surface area contributed by atoms with E-state index >= 15 is 0 Å². The summed E-state index contributed by atoms with van der Waals surface area (Å²) in [6.45, 7) is 9.35. The number of hydrogen-bond acceptors (Lipinski definition) is 2. The lowest BCUT2D eigenvalue weighted by atomic mass is 9.82. The molecular formula is C23H25F3N2O. The van der Waals surface area contributed by atoms with Gasteiger partial charge in [0, 0.05) is 29.9 Å². The fraction of sp³-hybridized carbons (Fsp3) is 0.348. The first-order valence-electron chi connectivity index (χ1n) is 9.61. The van der Waals surface area contributed by atoms with Gasteiger partial charge in [-0.1, -0.05) is 38.1 Å². The van der Waals surface area contributed by atoms with Gasteiger partial charge in [0.2, 0.25) is 5.60 Å². The standard InChI is InChI=1S/C21H19F3N2O.C2H6/c1-11-12(2)17(14-9-25-26(4)10-14)18-15-7-5-6-8-16(15)20(27,21(22,23)24)19(18)13(11)3;1-2/h5-10,27H,1-4H3;1-2H3. The van der Waals surface area contributed by atoms with E-state index in [-0.39, 0.29) is 11.1 Å². The van der Waals surface area contributed by atoms with Crippen LogP contribution in [0, 0.1) is 20.8 Å². The average Bonchev–Trinajstić information content (AvgIpc) is 3.22. The van der Waals surface area contributed by atoms with Crippen molar-refractivity contribution in [2.24, 2.45) is 7.05 Å². The third-order valence-electron chi connectivity index (χ3n) is 5.73. The van der Waals surface area contributed by atoms with E-state index < -0.39 is 11.8 Å². The predicted molar refractivity (Wildman–Crippen MR) is 109 cm³/mol. The second-order valence-electron chi connectivity index (χ2n) is 7.16. The summed E-state index contributed by atoms with van der Waals surface area (Å²) in [6, 6.07) is 6.23. The molecule has 1 N–H and O–H groups in total. The maximum Gasteiger partial charge on any atom is 0.425 e. The molecule has 1 aromatic heterocycles. The summed E-state index contributed by atoms with van der Waals surface area (Å²) in [5.74, 6) is 0. The number of rotatable bonds is 1. The Morgan fingerprint density at radius 3 is 2.14 bits per heavy atom. The minimum atomic E-state index is -4.84. The van der Waals surface area contributed by atoms with Crippen LogP contribution < -0.4 is 0 Å². The zero-order valence-corrected chi connectivity index (χ0v) is 17.4. The number of benzene rings is 2. The molecule has 1 aliphatic carbocycles. The number of hydrogen-bond donors (Lipinski definition) is 1. The Labute approximate surface area is 168 Å². The molecule has 0 saturated heterocycles. The fourth-order valence-corrected chi connectivity index (χ4v) is 4.23. The highest BCUT2D eigenvalue weighted by Crippen LogP contribution is 2.59. The van der Waals surface area contributed by atoms with Crippen molar-refractivity contribution in [2.45, 2.75) is 46.4 Å².